The Balaban J connectivity index is 1.74. The van der Waals surface area contributed by atoms with Crippen molar-refractivity contribution in [2.24, 2.45) is 0 Å². The minimum Gasteiger partial charge on any atom is -0.322 e. The third kappa shape index (κ3) is 2.15. The second kappa shape index (κ2) is 5.19. The molecule has 6 heteroatoms. The van der Waals surface area contributed by atoms with Crippen molar-refractivity contribution in [3.05, 3.63) is 59.3 Å². The minimum absolute atomic E-state index is 0.124. The fourth-order valence-electron chi connectivity index (χ4n) is 3.15. The number of anilines is 1. The number of rotatable bonds is 2. The van der Waals surface area contributed by atoms with Gasteiger partial charge in [0.2, 0.25) is 0 Å². The van der Waals surface area contributed by atoms with Gasteiger partial charge in [0.25, 0.3) is 5.91 Å². The van der Waals surface area contributed by atoms with Gasteiger partial charge in [0.05, 0.1) is 29.1 Å². The molecule has 3 heterocycles. The van der Waals surface area contributed by atoms with Crippen LogP contribution in [0, 0.1) is 20.8 Å². The Morgan fingerprint density at radius 2 is 2.04 bits per heavy atom. The monoisotopic (exact) mass is 319 g/mol. The molecule has 0 unspecified atom stereocenters. The zero-order valence-corrected chi connectivity index (χ0v) is 13.7. The highest BCUT2D eigenvalue weighted by molar-refractivity contribution is 6.07. The summed E-state index contributed by atoms with van der Waals surface area (Å²) in [6.07, 6.45) is 3.51. The number of hydrogen-bond acceptors (Lipinski definition) is 3. The Bertz CT molecular complexity index is 1090. The molecule has 0 bridgehead atoms. The van der Waals surface area contributed by atoms with Crippen LogP contribution in [0.1, 0.15) is 27.3 Å². The lowest BCUT2D eigenvalue weighted by Crippen LogP contribution is -2.16. The first-order valence-corrected chi connectivity index (χ1v) is 7.73. The molecule has 24 heavy (non-hydrogen) atoms. The topological polar surface area (TPSA) is 75.1 Å². The van der Waals surface area contributed by atoms with Gasteiger partial charge in [-0.15, -0.1) is 0 Å². The zero-order chi connectivity index (χ0) is 16.8. The fourth-order valence-corrected chi connectivity index (χ4v) is 3.15. The van der Waals surface area contributed by atoms with Gasteiger partial charge in [-0.25, -0.2) is 4.98 Å². The molecule has 0 aliphatic carbocycles. The first-order valence-electron chi connectivity index (χ1n) is 7.73. The van der Waals surface area contributed by atoms with E-state index in [4.69, 9.17) is 0 Å². The molecule has 0 aliphatic rings. The van der Waals surface area contributed by atoms with Crippen LogP contribution in [0.25, 0.3) is 16.4 Å². The summed E-state index contributed by atoms with van der Waals surface area (Å²) in [4.78, 5) is 17.0. The van der Waals surface area contributed by atoms with Crippen LogP contribution >= 0.6 is 0 Å². The Kier molecular flexibility index (Phi) is 3.13. The van der Waals surface area contributed by atoms with Gasteiger partial charge in [0, 0.05) is 22.5 Å². The van der Waals surface area contributed by atoms with Crippen molar-refractivity contribution in [2.75, 3.05) is 5.32 Å². The molecule has 1 aromatic carbocycles. The van der Waals surface area contributed by atoms with E-state index >= 15 is 0 Å². The van der Waals surface area contributed by atoms with Crippen LogP contribution in [0.15, 0.2) is 36.8 Å². The van der Waals surface area contributed by atoms with Gasteiger partial charge in [-0.05, 0) is 50.6 Å². The number of fused-ring (bicyclic) bond motifs is 2. The number of aromatic amines is 1. The predicted molar refractivity (Wildman–Crippen MR) is 93.4 cm³/mol. The van der Waals surface area contributed by atoms with Gasteiger partial charge in [-0.2, -0.15) is 5.10 Å². The van der Waals surface area contributed by atoms with Gasteiger partial charge >= 0.3 is 0 Å². The number of pyridine rings is 1. The number of imidazole rings is 1. The van der Waals surface area contributed by atoms with E-state index in [1.165, 1.54) is 0 Å². The maximum atomic E-state index is 12.8. The molecule has 0 atom stereocenters. The summed E-state index contributed by atoms with van der Waals surface area (Å²) in [6.45, 7) is 5.83. The highest BCUT2D eigenvalue weighted by atomic mass is 16.1. The Morgan fingerprint density at radius 1 is 1.21 bits per heavy atom. The number of benzene rings is 1. The second-order valence-corrected chi connectivity index (χ2v) is 6.01. The highest BCUT2D eigenvalue weighted by Crippen LogP contribution is 2.22. The molecule has 1 amide bonds. The van der Waals surface area contributed by atoms with Crippen molar-refractivity contribution in [2.45, 2.75) is 20.8 Å². The van der Waals surface area contributed by atoms with Crippen LogP contribution in [0.3, 0.4) is 0 Å². The molecule has 0 radical (unpaired) electrons. The normalized spacial score (nSPS) is 11.3. The summed E-state index contributed by atoms with van der Waals surface area (Å²) < 4.78 is 1.92. The molecule has 6 nitrogen and oxygen atoms in total. The molecule has 0 saturated carbocycles. The molecule has 0 spiro atoms. The van der Waals surface area contributed by atoms with E-state index in [2.05, 4.69) is 20.5 Å². The van der Waals surface area contributed by atoms with Crippen molar-refractivity contribution in [1.82, 2.24) is 19.6 Å². The van der Waals surface area contributed by atoms with E-state index in [1.54, 1.807) is 12.5 Å². The number of aryl methyl sites for hydroxylation is 3. The molecule has 0 saturated heterocycles. The summed E-state index contributed by atoms with van der Waals surface area (Å²) in [5.41, 5.74) is 6.08. The van der Waals surface area contributed by atoms with Gasteiger partial charge in [-0.3, -0.25) is 9.89 Å². The average Bonchev–Trinajstić information content (AvgIpc) is 3.15. The minimum atomic E-state index is -0.124. The van der Waals surface area contributed by atoms with Crippen LogP contribution in [-0.4, -0.2) is 25.5 Å². The lowest BCUT2D eigenvalue weighted by atomic mass is 10.1. The maximum absolute atomic E-state index is 12.8. The SMILES string of the molecule is Cc1cc2cncn2c(C)c1C(=O)Nc1ccc2n[nH]c(C)c2c1. The molecule has 3 aromatic heterocycles. The van der Waals surface area contributed by atoms with E-state index < -0.39 is 0 Å². The summed E-state index contributed by atoms with van der Waals surface area (Å²) >= 11 is 0. The maximum Gasteiger partial charge on any atom is 0.257 e. The molecule has 0 aliphatic heterocycles. The van der Waals surface area contributed by atoms with Crippen LogP contribution in [0.2, 0.25) is 0 Å². The van der Waals surface area contributed by atoms with Crippen LogP contribution < -0.4 is 5.32 Å². The standard InChI is InChI=1S/C18H17N5O/c1-10-6-14-8-19-9-23(14)12(3)17(10)18(24)20-13-4-5-16-15(7-13)11(2)21-22-16/h4-9H,1-3H3,(H,20,24)(H,21,22). The van der Waals surface area contributed by atoms with Crippen LogP contribution in [0.4, 0.5) is 5.69 Å². The van der Waals surface area contributed by atoms with Crippen molar-refractivity contribution in [3.63, 3.8) is 0 Å². The summed E-state index contributed by atoms with van der Waals surface area (Å²) in [5, 5.41) is 11.2. The Labute approximate surface area is 138 Å². The number of hydrogen-bond donors (Lipinski definition) is 2. The molecule has 4 rings (SSSR count). The molecule has 0 fully saturated rings. The number of nitrogens with zero attached hydrogens (tertiary/aromatic N) is 3. The summed E-state index contributed by atoms with van der Waals surface area (Å²) in [7, 11) is 0. The zero-order valence-electron chi connectivity index (χ0n) is 13.7. The van der Waals surface area contributed by atoms with Crippen molar-refractivity contribution < 1.29 is 4.79 Å². The van der Waals surface area contributed by atoms with E-state index in [1.807, 2.05) is 49.4 Å². The summed E-state index contributed by atoms with van der Waals surface area (Å²) in [6, 6.07) is 7.67. The number of carbonyl (C=O) groups excluding carboxylic acids is 1. The number of H-pyrrole nitrogens is 1. The molecule has 2 N–H and O–H groups in total. The van der Waals surface area contributed by atoms with Gasteiger partial charge in [0.1, 0.15) is 0 Å². The highest BCUT2D eigenvalue weighted by Gasteiger charge is 2.16. The number of nitrogens with one attached hydrogen (secondary N) is 2. The van der Waals surface area contributed by atoms with Crippen LogP contribution in [0.5, 0.6) is 0 Å². The lowest BCUT2D eigenvalue weighted by molar-refractivity contribution is 0.102. The third-order valence-electron chi connectivity index (χ3n) is 4.38. The van der Waals surface area contributed by atoms with E-state index in [-0.39, 0.29) is 5.91 Å². The first kappa shape index (κ1) is 14.4. The van der Waals surface area contributed by atoms with Crippen molar-refractivity contribution >= 4 is 28.0 Å². The number of aromatic nitrogens is 4. The summed E-state index contributed by atoms with van der Waals surface area (Å²) in [5.74, 6) is -0.124. The van der Waals surface area contributed by atoms with E-state index in [0.29, 0.717) is 5.56 Å². The number of carbonyl (C=O) groups is 1. The fraction of sp³-hybridized carbons (Fsp3) is 0.167. The second-order valence-electron chi connectivity index (χ2n) is 6.01. The van der Waals surface area contributed by atoms with Crippen LogP contribution in [-0.2, 0) is 0 Å². The van der Waals surface area contributed by atoms with Crippen molar-refractivity contribution in [3.8, 4) is 0 Å². The molecule has 4 aromatic rings. The largest absolute Gasteiger partial charge is 0.322 e. The number of amides is 1. The smallest absolute Gasteiger partial charge is 0.257 e. The Morgan fingerprint density at radius 3 is 2.88 bits per heavy atom. The predicted octanol–water partition coefficient (Wildman–Crippen LogP) is 3.39. The van der Waals surface area contributed by atoms with Gasteiger partial charge in [-0.1, -0.05) is 0 Å². The van der Waals surface area contributed by atoms with E-state index in [9.17, 15) is 4.79 Å². The molecule has 120 valence electrons. The Hall–Kier alpha value is -3.15. The molecular weight excluding hydrogens is 302 g/mol. The van der Waals surface area contributed by atoms with E-state index in [0.717, 1.165) is 39.1 Å². The van der Waals surface area contributed by atoms with Gasteiger partial charge < -0.3 is 9.72 Å². The first-order chi connectivity index (χ1) is 11.5. The average molecular weight is 319 g/mol. The quantitative estimate of drug-likeness (QED) is 0.594. The third-order valence-corrected chi connectivity index (χ3v) is 4.38. The van der Waals surface area contributed by atoms with Gasteiger partial charge in [0.15, 0.2) is 0 Å². The lowest BCUT2D eigenvalue weighted by Gasteiger charge is -2.12. The van der Waals surface area contributed by atoms with Crippen molar-refractivity contribution in [1.29, 1.82) is 0 Å². The molecular formula is C18H17N5O.